The van der Waals surface area contributed by atoms with Crippen molar-refractivity contribution in [2.24, 2.45) is 0 Å². The van der Waals surface area contributed by atoms with Crippen molar-refractivity contribution in [3.05, 3.63) is 30.1 Å². The van der Waals surface area contributed by atoms with E-state index in [2.05, 4.69) is 22.4 Å². The molecule has 1 saturated heterocycles. The Morgan fingerprint density at radius 1 is 1.45 bits per heavy atom. The third-order valence-electron chi connectivity index (χ3n) is 1.73. The van der Waals surface area contributed by atoms with E-state index in [0.29, 0.717) is 5.37 Å². The van der Waals surface area contributed by atoms with Gasteiger partial charge in [0.05, 0.1) is 5.37 Å². The predicted octanol–water partition coefficient (Wildman–Crippen LogP) is 1.42. The summed E-state index contributed by atoms with van der Waals surface area (Å²) in [7, 11) is 0. The number of pyridine rings is 1. The van der Waals surface area contributed by atoms with Gasteiger partial charge in [0, 0.05) is 24.7 Å². The standard InChI is InChI=1S/C8H10N2S/c1-3-9-4-2-7(1)8-10-5-6-11-8/h1-4,8,10H,5-6H2. The van der Waals surface area contributed by atoms with Gasteiger partial charge in [0.15, 0.2) is 0 Å². The van der Waals surface area contributed by atoms with E-state index in [1.165, 1.54) is 11.3 Å². The van der Waals surface area contributed by atoms with Crippen LogP contribution in [0.3, 0.4) is 0 Å². The van der Waals surface area contributed by atoms with E-state index < -0.39 is 0 Å². The number of hydrogen-bond acceptors (Lipinski definition) is 3. The summed E-state index contributed by atoms with van der Waals surface area (Å²) in [4.78, 5) is 3.98. The lowest BCUT2D eigenvalue weighted by molar-refractivity contribution is 0.750. The van der Waals surface area contributed by atoms with E-state index in [1.54, 1.807) is 0 Å². The van der Waals surface area contributed by atoms with Gasteiger partial charge in [0.1, 0.15) is 0 Å². The molecular formula is C8H10N2S. The molecule has 0 radical (unpaired) electrons. The van der Waals surface area contributed by atoms with Gasteiger partial charge in [-0.3, -0.25) is 4.98 Å². The van der Waals surface area contributed by atoms with Crippen molar-refractivity contribution in [3.8, 4) is 0 Å². The maximum Gasteiger partial charge on any atom is 0.0791 e. The topological polar surface area (TPSA) is 24.9 Å². The van der Waals surface area contributed by atoms with E-state index in [0.717, 1.165) is 6.54 Å². The molecule has 1 aliphatic heterocycles. The summed E-state index contributed by atoms with van der Waals surface area (Å²) in [5, 5.41) is 3.91. The summed E-state index contributed by atoms with van der Waals surface area (Å²) in [6.07, 6.45) is 3.69. The minimum Gasteiger partial charge on any atom is -0.301 e. The molecular weight excluding hydrogens is 156 g/mol. The third kappa shape index (κ3) is 1.54. The van der Waals surface area contributed by atoms with Crippen LogP contribution in [0.5, 0.6) is 0 Å². The highest BCUT2D eigenvalue weighted by Crippen LogP contribution is 2.28. The first kappa shape index (κ1) is 7.13. The van der Waals surface area contributed by atoms with Gasteiger partial charge in [0.2, 0.25) is 0 Å². The van der Waals surface area contributed by atoms with Gasteiger partial charge in [-0.2, -0.15) is 0 Å². The molecule has 1 atom stereocenters. The van der Waals surface area contributed by atoms with E-state index >= 15 is 0 Å². The summed E-state index contributed by atoms with van der Waals surface area (Å²) < 4.78 is 0. The third-order valence-corrected chi connectivity index (χ3v) is 2.94. The smallest absolute Gasteiger partial charge is 0.0791 e. The highest BCUT2D eigenvalue weighted by Gasteiger charge is 2.15. The first-order valence-corrected chi connectivity index (χ1v) is 4.76. The number of hydrogen-bond donors (Lipinski definition) is 1. The monoisotopic (exact) mass is 166 g/mol. The molecule has 1 unspecified atom stereocenters. The van der Waals surface area contributed by atoms with Crippen molar-refractivity contribution in [1.82, 2.24) is 10.3 Å². The maximum absolute atomic E-state index is 3.98. The highest BCUT2D eigenvalue weighted by molar-refractivity contribution is 7.99. The van der Waals surface area contributed by atoms with Crippen LogP contribution in [0.15, 0.2) is 24.5 Å². The van der Waals surface area contributed by atoms with Crippen molar-refractivity contribution < 1.29 is 0 Å². The zero-order valence-electron chi connectivity index (χ0n) is 6.16. The van der Waals surface area contributed by atoms with Gasteiger partial charge in [0.25, 0.3) is 0 Å². The van der Waals surface area contributed by atoms with Crippen LogP contribution in [0, 0.1) is 0 Å². The van der Waals surface area contributed by atoms with Crippen LogP contribution in [-0.2, 0) is 0 Å². The molecule has 11 heavy (non-hydrogen) atoms. The van der Waals surface area contributed by atoms with Crippen molar-refractivity contribution in [3.63, 3.8) is 0 Å². The average Bonchev–Trinajstić information content (AvgIpc) is 2.58. The Morgan fingerprint density at radius 3 is 2.91 bits per heavy atom. The molecule has 0 aliphatic carbocycles. The second kappa shape index (κ2) is 3.24. The minimum atomic E-state index is 0.498. The van der Waals surface area contributed by atoms with Crippen LogP contribution in [0.1, 0.15) is 10.9 Å². The Balaban J connectivity index is 2.16. The molecule has 0 bridgehead atoms. The van der Waals surface area contributed by atoms with Crippen molar-refractivity contribution in [2.75, 3.05) is 12.3 Å². The molecule has 0 aromatic carbocycles. The number of nitrogens with zero attached hydrogens (tertiary/aromatic N) is 1. The molecule has 0 saturated carbocycles. The fraction of sp³-hybridized carbons (Fsp3) is 0.375. The molecule has 2 heterocycles. The van der Waals surface area contributed by atoms with Gasteiger partial charge in [-0.15, -0.1) is 11.8 Å². The van der Waals surface area contributed by atoms with Gasteiger partial charge in [-0.05, 0) is 17.7 Å². The number of rotatable bonds is 1. The molecule has 0 amide bonds. The molecule has 2 rings (SSSR count). The highest BCUT2D eigenvalue weighted by atomic mass is 32.2. The number of thioether (sulfide) groups is 1. The van der Waals surface area contributed by atoms with E-state index in [1.807, 2.05) is 24.2 Å². The first-order chi connectivity index (χ1) is 5.47. The summed E-state index contributed by atoms with van der Waals surface area (Å²) >= 11 is 1.96. The Kier molecular flexibility index (Phi) is 2.10. The molecule has 1 aromatic heterocycles. The Bertz CT molecular complexity index is 219. The lowest BCUT2D eigenvalue weighted by Gasteiger charge is -2.07. The molecule has 3 heteroatoms. The van der Waals surface area contributed by atoms with Crippen LogP contribution in [0.4, 0.5) is 0 Å². The largest absolute Gasteiger partial charge is 0.301 e. The zero-order chi connectivity index (χ0) is 7.52. The quantitative estimate of drug-likeness (QED) is 0.683. The number of aromatic nitrogens is 1. The second-order valence-electron chi connectivity index (χ2n) is 2.49. The Hall–Kier alpha value is -0.540. The predicted molar refractivity (Wildman–Crippen MR) is 47.4 cm³/mol. The molecule has 1 fully saturated rings. The van der Waals surface area contributed by atoms with E-state index in [4.69, 9.17) is 0 Å². The van der Waals surface area contributed by atoms with Crippen LogP contribution in [0.25, 0.3) is 0 Å². The maximum atomic E-state index is 3.98. The fourth-order valence-electron chi connectivity index (χ4n) is 1.18. The summed E-state index contributed by atoms with van der Waals surface area (Å²) in [6.45, 7) is 1.12. The molecule has 1 aromatic rings. The van der Waals surface area contributed by atoms with Crippen molar-refractivity contribution >= 4 is 11.8 Å². The van der Waals surface area contributed by atoms with Gasteiger partial charge in [-0.25, -0.2) is 0 Å². The molecule has 58 valence electrons. The molecule has 1 aliphatic rings. The lowest BCUT2D eigenvalue weighted by atomic mass is 10.3. The van der Waals surface area contributed by atoms with Crippen LogP contribution in [0.2, 0.25) is 0 Å². The second-order valence-corrected chi connectivity index (χ2v) is 3.70. The first-order valence-electron chi connectivity index (χ1n) is 3.72. The van der Waals surface area contributed by atoms with Gasteiger partial charge < -0.3 is 5.32 Å². The number of nitrogens with one attached hydrogen (secondary N) is 1. The van der Waals surface area contributed by atoms with Gasteiger partial charge in [-0.1, -0.05) is 0 Å². The Morgan fingerprint density at radius 2 is 2.27 bits per heavy atom. The minimum absolute atomic E-state index is 0.498. The van der Waals surface area contributed by atoms with Crippen LogP contribution in [-0.4, -0.2) is 17.3 Å². The van der Waals surface area contributed by atoms with Crippen molar-refractivity contribution in [2.45, 2.75) is 5.37 Å². The van der Waals surface area contributed by atoms with Crippen LogP contribution < -0.4 is 5.32 Å². The zero-order valence-corrected chi connectivity index (χ0v) is 6.97. The summed E-state index contributed by atoms with van der Waals surface area (Å²) in [5.41, 5.74) is 1.34. The molecule has 2 nitrogen and oxygen atoms in total. The Labute approximate surface area is 70.4 Å². The molecule has 0 spiro atoms. The SMILES string of the molecule is c1cc(C2NCCS2)ccn1. The van der Waals surface area contributed by atoms with Crippen LogP contribution >= 0.6 is 11.8 Å². The van der Waals surface area contributed by atoms with Gasteiger partial charge >= 0.3 is 0 Å². The lowest BCUT2D eigenvalue weighted by Crippen LogP contribution is -2.11. The molecule has 1 N–H and O–H groups in total. The van der Waals surface area contributed by atoms with Crippen molar-refractivity contribution in [1.29, 1.82) is 0 Å². The summed E-state index contributed by atoms with van der Waals surface area (Å²) in [5.74, 6) is 1.22. The normalized spacial score (nSPS) is 23.8. The van der Waals surface area contributed by atoms with E-state index in [9.17, 15) is 0 Å². The average molecular weight is 166 g/mol. The van der Waals surface area contributed by atoms with E-state index in [-0.39, 0.29) is 0 Å². The summed E-state index contributed by atoms with van der Waals surface area (Å²) in [6, 6.07) is 4.13. The fourth-order valence-corrected chi connectivity index (χ4v) is 2.23.